The number of nitrogens with two attached hydrogens (primary N) is 1. The van der Waals surface area contributed by atoms with E-state index in [1.165, 1.54) is 11.3 Å². The molecule has 0 aliphatic heterocycles. The first-order valence-electron chi connectivity index (χ1n) is 5.67. The summed E-state index contributed by atoms with van der Waals surface area (Å²) in [5.74, 6) is 6.12. The molecule has 0 aliphatic carbocycles. The van der Waals surface area contributed by atoms with Crippen molar-refractivity contribution in [1.29, 1.82) is 0 Å². The third-order valence-electron chi connectivity index (χ3n) is 2.47. The maximum atomic E-state index is 5.71. The zero-order chi connectivity index (χ0) is 13.0. The van der Waals surface area contributed by atoms with Gasteiger partial charge in [0, 0.05) is 16.0 Å². The Morgan fingerprint density at radius 2 is 2.06 bits per heavy atom. The summed E-state index contributed by atoms with van der Waals surface area (Å²) in [6.45, 7) is 2.73. The highest BCUT2D eigenvalue weighted by atomic mass is 32.1. The predicted molar refractivity (Wildman–Crippen MR) is 77.5 cm³/mol. The molecule has 3 nitrogen and oxygen atoms in total. The van der Waals surface area contributed by atoms with E-state index in [-0.39, 0.29) is 0 Å². The molecule has 0 atom stereocenters. The number of rotatable bonds is 2. The molecule has 0 aliphatic rings. The zero-order valence-electron chi connectivity index (χ0n) is 10.4. The molecule has 0 amide bonds. The number of aryl methyl sites for hydroxylation is 1. The van der Waals surface area contributed by atoms with E-state index in [0.29, 0.717) is 11.7 Å². The van der Waals surface area contributed by atoms with Crippen molar-refractivity contribution in [3.8, 4) is 23.1 Å². The highest BCUT2D eigenvalue weighted by Gasteiger charge is 2.07. The fourth-order valence-corrected chi connectivity index (χ4v) is 2.34. The zero-order valence-corrected chi connectivity index (χ0v) is 11.3. The first kappa shape index (κ1) is 12.6. The Hall–Kier alpha value is -1.83. The summed E-state index contributed by atoms with van der Waals surface area (Å²) in [6, 6.07) is 8.08. The minimum Gasteiger partial charge on any atom is -0.375 e. The number of hydrogen-bond donors (Lipinski definition) is 2. The number of thiazole rings is 1. The standard InChI is InChI=1S/C14H15N3S/c1-10-13(17-14(15)18-10)12-7-5-11(6-8-12)4-3-9-16-2/h5-8,16H,9H2,1-2H3,(H2,15,17). The maximum absolute atomic E-state index is 5.71. The van der Waals surface area contributed by atoms with Gasteiger partial charge in [0.2, 0.25) is 0 Å². The number of nitrogens with one attached hydrogen (secondary N) is 1. The molecular weight excluding hydrogens is 242 g/mol. The molecule has 0 bridgehead atoms. The minimum atomic E-state index is 0.611. The second-order valence-electron chi connectivity index (χ2n) is 3.87. The van der Waals surface area contributed by atoms with Gasteiger partial charge >= 0.3 is 0 Å². The summed E-state index contributed by atoms with van der Waals surface area (Å²) in [6.07, 6.45) is 0. The predicted octanol–water partition coefficient (Wildman–Crippen LogP) is 2.27. The second-order valence-corrected chi connectivity index (χ2v) is 5.10. The Balaban J connectivity index is 2.23. The van der Waals surface area contributed by atoms with Crippen molar-refractivity contribution < 1.29 is 0 Å². The molecule has 2 rings (SSSR count). The minimum absolute atomic E-state index is 0.611. The molecule has 0 spiro atoms. The van der Waals surface area contributed by atoms with E-state index in [0.717, 1.165) is 21.7 Å². The van der Waals surface area contributed by atoms with Gasteiger partial charge < -0.3 is 11.1 Å². The van der Waals surface area contributed by atoms with Gasteiger partial charge in [-0.25, -0.2) is 4.98 Å². The monoisotopic (exact) mass is 257 g/mol. The molecule has 1 aromatic carbocycles. The molecule has 1 heterocycles. The first-order chi connectivity index (χ1) is 8.70. The van der Waals surface area contributed by atoms with Crippen LogP contribution in [0.3, 0.4) is 0 Å². The van der Waals surface area contributed by atoms with Gasteiger partial charge in [0.05, 0.1) is 12.2 Å². The average molecular weight is 257 g/mol. The molecule has 0 saturated carbocycles. The Morgan fingerprint density at radius 1 is 1.33 bits per heavy atom. The number of anilines is 1. The summed E-state index contributed by atoms with van der Waals surface area (Å²) in [5, 5.41) is 3.60. The maximum Gasteiger partial charge on any atom is 0.180 e. The third kappa shape index (κ3) is 2.89. The topological polar surface area (TPSA) is 50.9 Å². The SMILES string of the molecule is CNCC#Cc1ccc(-c2nc(N)sc2C)cc1. The van der Waals surface area contributed by atoms with E-state index in [4.69, 9.17) is 5.73 Å². The Kier molecular flexibility index (Phi) is 3.98. The fourth-order valence-electron chi connectivity index (χ4n) is 1.63. The fraction of sp³-hybridized carbons (Fsp3) is 0.214. The summed E-state index contributed by atoms with van der Waals surface area (Å²) >= 11 is 1.52. The van der Waals surface area contributed by atoms with Crippen LogP contribution in [0.25, 0.3) is 11.3 Å². The van der Waals surface area contributed by atoms with Crippen LogP contribution in [0.4, 0.5) is 5.13 Å². The Bertz CT molecular complexity index is 588. The van der Waals surface area contributed by atoms with Crippen LogP contribution < -0.4 is 11.1 Å². The van der Waals surface area contributed by atoms with Crippen LogP contribution in [0.15, 0.2) is 24.3 Å². The largest absolute Gasteiger partial charge is 0.375 e. The van der Waals surface area contributed by atoms with Crippen molar-refractivity contribution >= 4 is 16.5 Å². The van der Waals surface area contributed by atoms with Crippen LogP contribution in [-0.4, -0.2) is 18.6 Å². The molecule has 0 saturated heterocycles. The molecule has 0 fully saturated rings. The molecule has 3 N–H and O–H groups in total. The number of aromatic nitrogens is 1. The van der Waals surface area contributed by atoms with Crippen LogP contribution in [0.5, 0.6) is 0 Å². The van der Waals surface area contributed by atoms with Gasteiger partial charge in [-0.2, -0.15) is 0 Å². The molecule has 0 radical (unpaired) electrons. The lowest BCUT2D eigenvalue weighted by Gasteiger charge is -1.98. The first-order valence-corrected chi connectivity index (χ1v) is 6.49. The van der Waals surface area contributed by atoms with E-state index in [1.807, 2.05) is 38.2 Å². The normalized spacial score (nSPS) is 9.89. The molecule has 0 unspecified atom stereocenters. The van der Waals surface area contributed by atoms with Gasteiger partial charge in [0.25, 0.3) is 0 Å². The molecule has 4 heteroatoms. The van der Waals surface area contributed by atoms with E-state index < -0.39 is 0 Å². The van der Waals surface area contributed by atoms with Gasteiger partial charge in [0.1, 0.15) is 0 Å². The smallest absolute Gasteiger partial charge is 0.180 e. The molecule has 18 heavy (non-hydrogen) atoms. The van der Waals surface area contributed by atoms with E-state index >= 15 is 0 Å². The number of benzene rings is 1. The highest BCUT2D eigenvalue weighted by Crippen LogP contribution is 2.28. The van der Waals surface area contributed by atoms with Crippen molar-refractivity contribution in [2.45, 2.75) is 6.92 Å². The molecular formula is C14H15N3S. The van der Waals surface area contributed by atoms with Gasteiger partial charge in [-0.15, -0.1) is 11.3 Å². The van der Waals surface area contributed by atoms with Gasteiger partial charge in [-0.3, -0.25) is 0 Å². The molecule has 1 aromatic heterocycles. The number of nitrogens with zero attached hydrogens (tertiary/aromatic N) is 1. The average Bonchev–Trinajstić information content (AvgIpc) is 2.70. The molecule has 92 valence electrons. The van der Waals surface area contributed by atoms with Crippen LogP contribution in [0.2, 0.25) is 0 Å². The van der Waals surface area contributed by atoms with Crippen molar-refractivity contribution in [3.05, 3.63) is 34.7 Å². The van der Waals surface area contributed by atoms with Crippen molar-refractivity contribution in [2.75, 3.05) is 19.3 Å². The molecule has 2 aromatic rings. The summed E-state index contributed by atoms with van der Waals surface area (Å²) in [5.41, 5.74) is 8.76. The van der Waals surface area contributed by atoms with Crippen LogP contribution in [-0.2, 0) is 0 Å². The number of nitrogen functional groups attached to an aromatic ring is 1. The summed E-state index contributed by atoms with van der Waals surface area (Å²) < 4.78 is 0. The second kappa shape index (κ2) is 5.67. The Labute approximate surface area is 111 Å². The lowest BCUT2D eigenvalue weighted by Crippen LogP contribution is -2.04. The van der Waals surface area contributed by atoms with Crippen LogP contribution in [0.1, 0.15) is 10.4 Å². The van der Waals surface area contributed by atoms with E-state index in [9.17, 15) is 0 Å². The summed E-state index contributed by atoms with van der Waals surface area (Å²) in [7, 11) is 1.88. The Morgan fingerprint density at radius 3 is 2.61 bits per heavy atom. The van der Waals surface area contributed by atoms with E-state index in [1.54, 1.807) is 0 Å². The quantitative estimate of drug-likeness (QED) is 0.811. The third-order valence-corrected chi connectivity index (χ3v) is 3.27. The lowest BCUT2D eigenvalue weighted by atomic mass is 10.1. The van der Waals surface area contributed by atoms with Gasteiger partial charge in [0.15, 0.2) is 5.13 Å². The van der Waals surface area contributed by atoms with Crippen LogP contribution in [0, 0.1) is 18.8 Å². The van der Waals surface area contributed by atoms with Crippen LogP contribution >= 0.6 is 11.3 Å². The van der Waals surface area contributed by atoms with Crippen molar-refractivity contribution in [2.24, 2.45) is 0 Å². The van der Waals surface area contributed by atoms with Gasteiger partial charge in [-0.05, 0) is 26.1 Å². The lowest BCUT2D eigenvalue weighted by molar-refractivity contribution is 0.938. The van der Waals surface area contributed by atoms with Crippen molar-refractivity contribution in [3.63, 3.8) is 0 Å². The number of hydrogen-bond acceptors (Lipinski definition) is 4. The van der Waals surface area contributed by atoms with Crippen molar-refractivity contribution in [1.82, 2.24) is 10.3 Å². The van der Waals surface area contributed by atoms with E-state index in [2.05, 4.69) is 22.1 Å². The van der Waals surface area contributed by atoms with Gasteiger partial charge in [-0.1, -0.05) is 24.0 Å². The summed E-state index contributed by atoms with van der Waals surface area (Å²) in [4.78, 5) is 5.48. The highest BCUT2D eigenvalue weighted by molar-refractivity contribution is 7.15.